The number of benzene rings is 1. The van der Waals surface area contributed by atoms with E-state index < -0.39 is 0 Å². The molecular weight excluding hydrogens is 344 g/mol. The molecule has 0 saturated carbocycles. The average molecular weight is 367 g/mol. The summed E-state index contributed by atoms with van der Waals surface area (Å²) in [4.78, 5) is 26.1. The fourth-order valence-corrected chi connectivity index (χ4v) is 3.12. The van der Waals surface area contributed by atoms with E-state index in [1.165, 1.54) is 0 Å². The molecule has 0 bridgehead atoms. The fourth-order valence-electron chi connectivity index (χ4n) is 2.67. The van der Waals surface area contributed by atoms with Crippen LogP contribution in [0.5, 0.6) is 0 Å². The molecule has 4 nitrogen and oxygen atoms in total. The zero-order chi connectivity index (χ0) is 15.9. The highest BCUT2D eigenvalue weighted by Gasteiger charge is 2.25. The number of halogens is 1. The molecule has 2 amide bonds. The van der Waals surface area contributed by atoms with Crippen LogP contribution in [0.3, 0.4) is 0 Å². The first kappa shape index (κ1) is 17.0. The maximum atomic E-state index is 12.5. The van der Waals surface area contributed by atoms with Crippen LogP contribution in [0.4, 0.5) is 0 Å². The number of hydrogen-bond acceptors (Lipinski definition) is 2. The van der Waals surface area contributed by atoms with Crippen molar-refractivity contribution in [2.24, 2.45) is 0 Å². The van der Waals surface area contributed by atoms with Gasteiger partial charge in [0.2, 0.25) is 5.91 Å². The molecule has 0 aliphatic carbocycles. The number of nitrogens with zero attached hydrogens (tertiary/aromatic N) is 1. The van der Waals surface area contributed by atoms with Crippen LogP contribution in [0.15, 0.2) is 28.7 Å². The lowest BCUT2D eigenvalue weighted by Gasteiger charge is -2.32. The summed E-state index contributed by atoms with van der Waals surface area (Å²) in [5.74, 6) is 0.195. The predicted octanol–water partition coefficient (Wildman–Crippen LogP) is 3.36. The molecule has 0 aromatic heterocycles. The molecule has 1 aliphatic heterocycles. The summed E-state index contributed by atoms with van der Waals surface area (Å²) in [6.45, 7) is 3.47. The van der Waals surface area contributed by atoms with Gasteiger partial charge >= 0.3 is 0 Å². The molecule has 22 heavy (non-hydrogen) atoms. The monoisotopic (exact) mass is 366 g/mol. The zero-order valence-electron chi connectivity index (χ0n) is 13.0. The summed E-state index contributed by atoms with van der Waals surface area (Å²) in [6.07, 6.45) is 4.23. The Bertz CT molecular complexity index is 525. The molecule has 1 fully saturated rings. The number of unbranched alkanes of at least 4 members (excludes halogenated alkanes) is 1. The molecule has 1 aliphatic rings. The molecule has 0 radical (unpaired) electrons. The number of hydrogen-bond donors (Lipinski definition) is 1. The first-order valence-corrected chi connectivity index (χ1v) is 8.74. The van der Waals surface area contributed by atoms with Gasteiger partial charge < -0.3 is 10.2 Å². The van der Waals surface area contributed by atoms with E-state index >= 15 is 0 Å². The number of rotatable bonds is 5. The van der Waals surface area contributed by atoms with Gasteiger partial charge in [-0.3, -0.25) is 9.59 Å². The van der Waals surface area contributed by atoms with Crippen LogP contribution < -0.4 is 5.32 Å². The second kappa shape index (κ2) is 8.32. The van der Waals surface area contributed by atoms with Gasteiger partial charge in [-0.15, -0.1) is 0 Å². The highest BCUT2D eigenvalue weighted by atomic mass is 79.9. The van der Waals surface area contributed by atoms with Gasteiger partial charge in [-0.1, -0.05) is 25.5 Å². The molecule has 1 heterocycles. The topological polar surface area (TPSA) is 49.4 Å². The largest absolute Gasteiger partial charge is 0.353 e. The Labute approximate surface area is 140 Å². The van der Waals surface area contributed by atoms with E-state index in [1.807, 2.05) is 29.2 Å². The lowest BCUT2D eigenvalue weighted by molar-refractivity contribution is -0.122. The third-order valence-corrected chi connectivity index (χ3v) is 4.70. The molecular formula is C17H23BrN2O2. The van der Waals surface area contributed by atoms with Crippen molar-refractivity contribution in [3.8, 4) is 0 Å². The van der Waals surface area contributed by atoms with Crippen molar-refractivity contribution in [1.29, 1.82) is 0 Å². The van der Waals surface area contributed by atoms with Crippen LogP contribution in [-0.2, 0) is 4.79 Å². The van der Waals surface area contributed by atoms with Gasteiger partial charge in [-0.25, -0.2) is 0 Å². The van der Waals surface area contributed by atoms with Gasteiger partial charge in [0, 0.05) is 30.0 Å². The summed E-state index contributed by atoms with van der Waals surface area (Å²) in [5, 5.41) is 3.08. The smallest absolute Gasteiger partial charge is 0.254 e. The van der Waals surface area contributed by atoms with Crippen LogP contribution in [0.2, 0.25) is 0 Å². The lowest BCUT2D eigenvalue weighted by Crippen LogP contribution is -2.46. The minimum Gasteiger partial charge on any atom is -0.353 e. The SMILES string of the molecule is CCCCC(=O)NC1CCN(C(=O)c2ccccc2Br)CC1. The summed E-state index contributed by atoms with van der Waals surface area (Å²) >= 11 is 3.43. The van der Waals surface area contributed by atoms with E-state index in [2.05, 4.69) is 28.2 Å². The highest BCUT2D eigenvalue weighted by molar-refractivity contribution is 9.10. The number of likely N-dealkylation sites (tertiary alicyclic amines) is 1. The summed E-state index contributed by atoms with van der Waals surface area (Å²) in [5.41, 5.74) is 0.702. The van der Waals surface area contributed by atoms with E-state index in [4.69, 9.17) is 0 Å². The number of amides is 2. The van der Waals surface area contributed by atoms with Crippen molar-refractivity contribution >= 4 is 27.7 Å². The molecule has 1 N–H and O–H groups in total. The Hall–Kier alpha value is -1.36. The standard InChI is InChI=1S/C17H23BrN2O2/c1-2-3-8-16(21)19-13-9-11-20(12-10-13)17(22)14-6-4-5-7-15(14)18/h4-7,13H,2-3,8-12H2,1H3,(H,19,21). The molecule has 1 aromatic carbocycles. The maximum Gasteiger partial charge on any atom is 0.254 e. The molecule has 1 aromatic rings. The minimum atomic E-state index is 0.0586. The van der Waals surface area contributed by atoms with Crippen molar-refractivity contribution < 1.29 is 9.59 Å². The van der Waals surface area contributed by atoms with Crippen molar-refractivity contribution in [3.05, 3.63) is 34.3 Å². The van der Waals surface area contributed by atoms with Gasteiger partial charge in [-0.05, 0) is 47.3 Å². The molecule has 5 heteroatoms. The van der Waals surface area contributed by atoms with Crippen LogP contribution >= 0.6 is 15.9 Å². The van der Waals surface area contributed by atoms with Gasteiger partial charge in [-0.2, -0.15) is 0 Å². The Balaban J connectivity index is 1.83. The van der Waals surface area contributed by atoms with Gasteiger partial charge in [0.1, 0.15) is 0 Å². The van der Waals surface area contributed by atoms with Gasteiger partial charge in [0.15, 0.2) is 0 Å². The summed E-state index contributed by atoms with van der Waals surface area (Å²) < 4.78 is 0.829. The quantitative estimate of drug-likeness (QED) is 0.868. The molecule has 0 atom stereocenters. The van der Waals surface area contributed by atoms with Crippen LogP contribution in [0, 0.1) is 0 Å². The van der Waals surface area contributed by atoms with E-state index in [-0.39, 0.29) is 17.9 Å². The van der Waals surface area contributed by atoms with Crippen molar-refractivity contribution in [2.45, 2.75) is 45.1 Å². The average Bonchev–Trinajstić information content (AvgIpc) is 2.53. The van der Waals surface area contributed by atoms with E-state index in [9.17, 15) is 9.59 Å². The van der Waals surface area contributed by atoms with Crippen LogP contribution in [-0.4, -0.2) is 35.8 Å². The van der Waals surface area contributed by atoms with E-state index in [1.54, 1.807) is 0 Å². The second-order valence-electron chi connectivity index (χ2n) is 5.72. The second-order valence-corrected chi connectivity index (χ2v) is 6.57. The zero-order valence-corrected chi connectivity index (χ0v) is 14.6. The molecule has 2 rings (SSSR count). The number of nitrogens with one attached hydrogen (secondary N) is 1. The van der Waals surface area contributed by atoms with Crippen LogP contribution in [0.25, 0.3) is 0 Å². The van der Waals surface area contributed by atoms with Gasteiger partial charge in [0.25, 0.3) is 5.91 Å². The van der Waals surface area contributed by atoms with Crippen molar-refractivity contribution in [1.82, 2.24) is 10.2 Å². The van der Waals surface area contributed by atoms with Crippen molar-refractivity contribution in [2.75, 3.05) is 13.1 Å². The number of carbonyl (C=O) groups is 2. The van der Waals surface area contributed by atoms with Crippen molar-refractivity contribution in [3.63, 3.8) is 0 Å². The number of carbonyl (C=O) groups excluding carboxylic acids is 2. The van der Waals surface area contributed by atoms with E-state index in [0.29, 0.717) is 25.1 Å². The maximum absolute atomic E-state index is 12.5. The molecule has 1 saturated heterocycles. The minimum absolute atomic E-state index is 0.0586. The molecule has 120 valence electrons. The predicted molar refractivity (Wildman–Crippen MR) is 90.7 cm³/mol. The molecule has 0 unspecified atom stereocenters. The summed E-state index contributed by atoms with van der Waals surface area (Å²) in [7, 11) is 0. The Morgan fingerprint density at radius 2 is 1.95 bits per heavy atom. The third-order valence-electron chi connectivity index (χ3n) is 4.01. The highest BCUT2D eigenvalue weighted by Crippen LogP contribution is 2.20. The Morgan fingerprint density at radius 1 is 1.27 bits per heavy atom. The Morgan fingerprint density at radius 3 is 2.59 bits per heavy atom. The summed E-state index contributed by atoms with van der Waals surface area (Å²) in [6, 6.07) is 7.70. The van der Waals surface area contributed by atoms with E-state index in [0.717, 1.165) is 30.2 Å². The first-order chi connectivity index (χ1) is 10.6. The Kier molecular flexibility index (Phi) is 6.43. The lowest BCUT2D eigenvalue weighted by atomic mass is 10.0. The third kappa shape index (κ3) is 4.57. The van der Waals surface area contributed by atoms with Crippen LogP contribution in [0.1, 0.15) is 49.4 Å². The normalized spacial score (nSPS) is 15.6. The number of piperidine rings is 1. The fraction of sp³-hybridized carbons (Fsp3) is 0.529. The first-order valence-electron chi connectivity index (χ1n) is 7.95. The molecule has 0 spiro atoms. The van der Waals surface area contributed by atoms with Gasteiger partial charge in [0.05, 0.1) is 5.56 Å².